The van der Waals surface area contributed by atoms with Crippen LogP contribution < -0.4 is 5.43 Å². The Balaban J connectivity index is 1.49. The first-order chi connectivity index (χ1) is 15.2. The topological polar surface area (TPSA) is 126 Å². The zero-order chi connectivity index (χ0) is 22.9. The highest BCUT2D eigenvalue weighted by Crippen LogP contribution is 2.28. The number of carbonyl (C=O) groups is 2. The number of pyridine rings is 2. The van der Waals surface area contributed by atoms with E-state index >= 15 is 0 Å². The van der Waals surface area contributed by atoms with Crippen LogP contribution in [0.5, 0.6) is 0 Å². The fraction of sp³-hybridized carbons (Fsp3) is 0.545. The Labute approximate surface area is 186 Å². The first kappa shape index (κ1) is 22.4. The molecule has 172 valence electrons. The summed E-state index contributed by atoms with van der Waals surface area (Å²) < 4.78 is 29.2. The van der Waals surface area contributed by atoms with E-state index in [9.17, 15) is 22.8 Å². The van der Waals surface area contributed by atoms with E-state index in [1.54, 1.807) is 24.0 Å². The van der Waals surface area contributed by atoms with Gasteiger partial charge in [0.1, 0.15) is 11.2 Å². The number of H-pyrrole nitrogens is 1. The van der Waals surface area contributed by atoms with E-state index in [1.807, 2.05) is 0 Å². The molecule has 0 bridgehead atoms. The molecule has 2 aromatic heterocycles. The zero-order valence-electron chi connectivity index (χ0n) is 18.0. The van der Waals surface area contributed by atoms with Gasteiger partial charge in [-0.25, -0.2) is 18.2 Å². The Bertz CT molecular complexity index is 1200. The second-order valence-corrected chi connectivity index (χ2v) is 10.8. The number of sulfone groups is 1. The molecule has 0 spiro atoms. The monoisotopic (exact) mass is 461 g/mol. The maximum absolute atomic E-state index is 13.1. The average Bonchev–Trinajstić information content (AvgIpc) is 3.12. The van der Waals surface area contributed by atoms with Crippen molar-refractivity contribution in [1.82, 2.24) is 14.9 Å². The van der Waals surface area contributed by atoms with Gasteiger partial charge in [-0.05, 0) is 38.3 Å². The molecule has 1 amide bonds. The number of esters is 1. The number of carbonyl (C=O) groups excluding carboxylic acids is 2. The van der Waals surface area contributed by atoms with E-state index in [4.69, 9.17) is 4.74 Å². The molecule has 0 aromatic carbocycles. The lowest BCUT2D eigenvalue weighted by Crippen LogP contribution is -2.50. The largest absolute Gasteiger partial charge is 0.452 e. The summed E-state index contributed by atoms with van der Waals surface area (Å²) in [5.74, 6) is -1.31. The number of aromatic nitrogens is 2. The number of hydrogen-bond donors (Lipinski definition) is 1. The van der Waals surface area contributed by atoms with Gasteiger partial charge in [-0.3, -0.25) is 9.59 Å². The molecule has 1 aliphatic heterocycles. The maximum atomic E-state index is 13.1. The Morgan fingerprint density at radius 1 is 1.16 bits per heavy atom. The van der Waals surface area contributed by atoms with E-state index in [-0.39, 0.29) is 28.5 Å². The van der Waals surface area contributed by atoms with E-state index in [2.05, 4.69) is 9.97 Å². The number of nitrogens with one attached hydrogen (secondary N) is 1. The minimum Gasteiger partial charge on any atom is -0.452 e. The molecule has 2 aliphatic rings. The van der Waals surface area contributed by atoms with Gasteiger partial charge in [0, 0.05) is 24.0 Å². The lowest BCUT2D eigenvalue weighted by atomic mass is 9.93. The molecule has 9 nitrogen and oxygen atoms in total. The lowest BCUT2D eigenvalue weighted by Gasteiger charge is -2.38. The number of aryl methyl sites for hydroxylation is 1. The SMILES string of the molecule is Cc1ccc2c(=O)c(C(=O)OCC(=O)N(C3CCCCC3)C3CCS(=O)(=O)C3)c[nH]c2n1. The summed E-state index contributed by atoms with van der Waals surface area (Å²) >= 11 is 0. The third-order valence-electron chi connectivity index (χ3n) is 6.28. The number of nitrogens with zero attached hydrogens (tertiary/aromatic N) is 2. The van der Waals surface area contributed by atoms with Gasteiger partial charge in [-0.2, -0.15) is 0 Å². The minimum absolute atomic E-state index is 0.0494. The number of ether oxygens (including phenoxy) is 1. The molecule has 1 N–H and O–H groups in total. The number of rotatable bonds is 5. The van der Waals surface area contributed by atoms with Crippen molar-refractivity contribution in [2.75, 3.05) is 18.1 Å². The molecule has 1 saturated heterocycles. The van der Waals surface area contributed by atoms with Crippen LogP contribution in [0, 0.1) is 6.92 Å². The van der Waals surface area contributed by atoms with Crippen LogP contribution in [0.4, 0.5) is 0 Å². The average molecular weight is 462 g/mol. The molecular formula is C22H27N3O6S. The summed E-state index contributed by atoms with van der Waals surface area (Å²) in [6, 6.07) is 2.82. The normalized spacial score (nSPS) is 20.8. The van der Waals surface area contributed by atoms with Crippen LogP contribution in [0.2, 0.25) is 0 Å². The minimum atomic E-state index is -3.17. The number of fused-ring (bicyclic) bond motifs is 1. The van der Waals surface area contributed by atoms with Gasteiger partial charge in [0.25, 0.3) is 5.91 Å². The fourth-order valence-electron chi connectivity index (χ4n) is 4.69. The summed E-state index contributed by atoms with van der Waals surface area (Å²) in [4.78, 5) is 47.0. The predicted octanol–water partition coefficient (Wildman–Crippen LogP) is 1.74. The van der Waals surface area contributed by atoms with Crippen LogP contribution in [-0.4, -0.2) is 65.4 Å². The van der Waals surface area contributed by atoms with Crippen molar-refractivity contribution in [2.24, 2.45) is 0 Å². The standard InChI is InChI=1S/C22H27N3O6S/c1-14-7-8-17-20(27)18(11-23-21(17)24-14)22(28)31-12-19(26)25(15-5-3-2-4-6-15)16-9-10-32(29,30)13-16/h7-8,11,15-16H,2-6,9-10,12-13H2,1H3,(H,23,24,27). The highest BCUT2D eigenvalue weighted by molar-refractivity contribution is 7.91. The van der Waals surface area contributed by atoms with Crippen LogP contribution in [0.15, 0.2) is 23.1 Å². The summed E-state index contributed by atoms with van der Waals surface area (Å²) in [6.07, 6.45) is 6.32. The molecule has 1 atom stereocenters. The molecule has 2 aromatic rings. The van der Waals surface area contributed by atoms with Gasteiger partial charge in [0.15, 0.2) is 16.4 Å². The van der Waals surface area contributed by atoms with Crippen molar-refractivity contribution in [2.45, 2.75) is 57.5 Å². The van der Waals surface area contributed by atoms with Gasteiger partial charge < -0.3 is 14.6 Å². The zero-order valence-corrected chi connectivity index (χ0v) is 18.8. The third-order valence-corrected chi connectivity index (χ3v) is 8.03. The van der Waals surface area contributed by atoms with Crippen molar-refractivity contribution in [3.8, 4) is 0 Å². The Kier molecular flexibility index (Phi) is 6.32. The molecule has 0 radical (unpaired) electrons. The number of amides is 1. The van der Waals surface area contributed by atoms with Crippen LogP contribution in [-0.2, 0) is 19.4 Å². The molecule has 1 aliphatic carbocycles. The van der Waals surface area contributed by atoms with Crippen molar-refractivity contribution >= 4 is 32.7 Å². The maximum Gasteiger partial charge on any atom is 0.344 e. The smallest absolute Gasteiger partial charge is 0.344 e. The Morgan fingerprint density at radius 2 is 1.91 bits per heavy atom. The molecule has 4 rings (SSSR count). The molecule has 32 heavy (non-hydrogen) atoms. The van der Waals surface area contributed by atoms with Crippen LogP contribution in [0.1, 0.15) is 54.6 Å². The quantitative estimate of drug-likeness (QED) is 0.672. The lowest BCUT2D eigenvalue weighted by molar-refractivity contribution is -0.140. The van der Waals surface area contributed by atoms with Gasteiger partial charge in [0.2, 0.25) is 5.43 Å². The van der Waals surface area contributed by atoms with Crippen LogP contribution in [0.25, 0.3) is 11.0 Å². The van der Waals surface area contributed by atoms with Gasteiger partial charge >= 0.3 is 5.97 Å². The summed E-state index contributed by atoms with van der Waals surface area (Å²) in [5.41, 5.74) is 0.373. The number of aromatic amines is 1. The predicted molar refractivity (Wildman–Crippen MR) is 118 cm³/mol. The first-order valence-corrected chi connectivity index (χ1v) is 12.7. The molecular weight excluding hydrogens is 434 g/mol. The first-order valence-electron chi connectivity index (χ1n) is 10.9. The highest BCUT2D eigenvalue weighted by Gasteiger charge is 2.38. The van der Waals surface area contributed by atoms with E-state index in [0.717, 1.165) is 37.8 Å². The van der Waals surface area contributed by atoms with Gasteiger partial charge in [-0.15, -0.1) is 0 Å². The van der Waals surface area contributed by atoms with Crippen LogP contribution in [0.3, 0.4) is 0 Å². The fourth-order valence-corrected chi connectivity index (χ4v) is 6.40. The molecule has 10 heteroatoms. The summed E-state index contributed by atoms with van der Waals surface area (Å²) in [6.45, 7) is 1.26. The molecule has 3 heterocycles. The summed E-state index contributed by atoms with van der Waals surface area (Å²) in [7, 11) is -3.17. The van der Waals surface area contributed by atoms with E-state index < -0.39 is 39.8 Å². The van der Waals surface area contributed by atoms with Crippen LogP contribution >= 0.6 is 0 Å². The van der Waals surface area contributed by atoms with Gasteiger partial charge in [0.05, 0.1) is 16.9 Å². The molecule has 2 fully saturated rings. The summed E-state index contributed by atoms with van der Waals surface area (Å²) in [5, 5.41) is 0.261. The van der Waals surface area contributed by atoms with Crippen molar-refractivity contribution in [1.29, 1.82) is 0 Å². The molecule has 1 saturated carbocycles. The number of hydrogen-bond acceptors (Lipinski definition) is 7. The Morgan fingerprint density at radius 3 is 2.59 bits per heavy atom. The second-order valence-electron chi connectivity index (χ2n) is 8.61. The van der Waals surface area contributed by atoms with E-state index in [1.165, 1.54) is 6.20 Å². The van der Waals surface area contributed by atoms with Crippen molar-refractivity contribution in [3.63, 3.8) is 0 Å². The molecule has 1 unspecified atom stereocenters. The third kappa shape index (κ3) is 4.69. The van der Waals surface area contributed by atoms with E-state index in [0.29, 0.717) is 12.1 Å². The second kappa shape index (κ2) is 9.01. The Hall–Kier alpha value is -2.75. The highest BCUT2D eigenvalue weighted by atomic mass is 32.2. The van der Waals surface area contributed by atoms with Gasteiger partial charge in [-0.1, -0.05) is 19.3 Å². The van der Waals surface area contributed by atoms with Crippen molar-refractivity contribution in [3.05, 3.63) is 39.8 Å². The van der Waals surface area contributed by atoms with Crippen molar-refractivity contribution < 1.29 is 22.7 Å².